The van der Waals surface area contributed by atoms with E-state index < -0.39 is 0 Å². The average Bonchev–Trinajstić information content (AvgIpc) is 2.14. The van der Waals surface area contributed by atoms with Crippen molar-refractivity contribution >= 4 is 23.2 Å². The molecule has 0 radical (unpaired) electrons. The third kappa shape index (κ3) is 2.26. The van der Waals surface area contributed by atoms with Crippen molar-refractivity contribution in [1.82, 2.24) is 0 Å². The maximum atomic E-state index is 6.07. The van der Waals surface area contributed by atoms with Crippen LogP contribution in [0.25, 0.3) is 0 Å². The Morgan fingerprint density at radius 1 is 1.46 bits per heavy atom. The Bertz CT molecular complexity index is 305. The second-order valence-electron chi connectivity index (χ2n) is 2.89. The van der Waals surface area contributed by atoms with Crippen LogP contribution in [0.2, 0.25) is 10.0 Å². The minimum absolute atomic E-state index is 0.297. The molecule has 0 saturated carbocycles. The van der Waals surface area contributed by atoms with Gasteiger partial charge in [-0.3, -0.25) is 0 Å². The van der Waals surface area contributed by atoms with Crippen LogP contribution in [0, 0.1) is 0 Å². The lowest BCUT2D eigenvalue weighted by atomic mass is 9.97. The van der Waals surface area contributed by atoms with Gasteiger partial charge in [0.15, 0.2) is 0 Å². The Morgan fingerprint density at radius 3 is 2.69 bits per heavy atom. The van der Waals surface area contributed by atoms with E-state index in [1.54, 1.807) is 6.07 Å². The van der Waals surface area contributed by atoms with Crippen LogP contribution < -0.4 is 0 Å². The molecule has 1 aromatic carbocycles. The van der Waals surface area contributed by atoms with Crippen LogP contribution in [-0.2, 0) is 0 Å². The molecule has 0 aromatic heterocycles. The van der Waals surface area contributed by atoms with Crippen molar-refractivity contribution in [3.63, 3.8) is 0 Å². The smallest absolute Gasteiger partial charge is 0.0630 e. The Morgan fingerprint density at radius 2 is 2.15 bits per heavy atom. The van der Waals surface area contributed by atoms with E-state index in [-0.39, 0.29) is 0 Å². The number of halogens is 2. The summed E-state index contributed by atoms with van der Waals surface area (Å²) >= 11 is 12.0. The summed E-state index contributed by atoms with van der Waals surface area (Å²) in [4.78, 5) is 0. The van der Waals surface area contributed by atoms with E-state index in [1.807, 2.05) is 18.2 Å². The van der Waals surface area contributed by atoms with Gasteiger partial charge in [-0.1, -0.05) is 48.3 Å². The van der Waals surface area contributed by atoms with Gasteiger partial charge in [0.2, 0.25) is 0 Å². The van der Waals surface area contributed by atoms with Crippen LogP contribution in [0.4, 0.5) is 0 Å². The van der Waals surface area contributed by atoms with Crippen molar-refractivity contribution in [2.75, 3.05) is 0 Å². The summed E-state index contributed by atoms with van der Waals surface area (Å²) in [5, 5.41) is 1.26. The molecule has 13 heavy (non-hydrogen) atoms. The minimum atomic E-state index is 0.297. The highest BCUT2D eigenvalue weighted by Crippen LogP contribution is 2.32. The van der Waals surface area contributed by atoms with Gasteiger partial charge < -0.3 is 0 Å². The first kappa shape index (κ1) is 10.6. The van der Waals surface area contributed by atoms with Crippen molar-refractivity contribution in [1.29, 1.82) is 0 Å². The highest BCUT2D eigenvalue weighted by Gasteiger charge is 2.10. The van der Waals surface area contributed by atoms with E-state index in [0.717, 1.165) is 12.0 Å². The van der Waals surface area contributed by atoms with Gasteiger partial charge in [-0.2, -0.15) is 0 Å². The summed E-state index contributed by atoms with van der Waals surface area (Å²) in [7, 11) is 0. The molecule has 0 heterocycles. The average molecular weight is 215 g/mol. The van der Waals surface area contributed by atoms with Gasteiger partial charge in [0, 0.05) is 5.92 Å². The van der Waals surface area contributed by atoms with Gasteiger partial charge in [-0.25, -0.2) is 0 Å². The van der Waals surface area contributed by atoms with Crippen molar-refractivity contribution in [2.45, 2.75) is 19.3 Å². The SMILES string of the molecule is C=CC(CC)c1cccc(Cl)c1Cl. The second kappa shape index (κ2) is 4.69. The second-order valence-corrected chi connectivity index (χ2v) is 3.68. The van der Waals surface area contributed by atoms with Gasteiger partial charge in [0.05, 0.1) is 10.0 Å². The fourth-order valence-corrected chi connectivity index (χ4v) is 1.77. The van der Waals surface area contributed by atoms with Gasteiger partial charge >= 0.3 is 0 Å². The summed E-state index contributed by atoms with van der Waals surface area (Å²) < 4.78 is 0. The van der Waals surface area contributed by atoms with Gasteiger partial charge in [0.1, 0.15) is 0 Å². The van der Waals surface area contributed by atoms with Crippen molar-refractivity contribution < 1.29 is 0 Å². The van der Waals surface area contributed by atoms with Crippen LogP contribution in [-0.4, -0.2) is 0 Å². The van der Waals surface area contributed by atoms with Crippen molar-refractivity contribution in [2.24, 2.45) is 0 Å². The normalized spacial score (nSPS) is 12.5. The van der Waals surface area contributed by atoms with Crippen LogP contribution in [0.1, 0.15) is 24.8 Å². The summed E-state index contributed by atoms with van der Waals surface area (Å²) in [6.07, 6.45) is 2.89. The van der Waals surface area contributed by atoms with Crippen molar-refractivity contribution in [3.05, 3.63) is 46.5 Å². The lowest BCUT2D eigenvalue weighted by molar-refractivity contribution is 0.807. The zero-order valence-electron chi connectivity index (χ0n) is 7.56. The number of hydrogen-bond acceptors (Lipinski definition) is 0. The van der Waals surface area contributed by atoms with E-state index in [9.17, 15) is 0 Å². The van der Waals surface area contributed by atoms with E-state index >= 15 is 0 Å². The maximum absolute atomic E-state index is 6.07. The standard InChI is InChI=1S/C11H12Cl2/c1-3-8(4-2)9-6-5-7-10(12)11(9)13/h3,5-8H,1,4H2,2H3. The maximum Gasteiger partial charge on any atom is 0.0630 e. The quantitative estimate of drug-likeness (QED) is 0.642. The Balaban J connectivity index is 3.13. The fourth-order valence-electron chi connectivity index (χ4n) is 1.32. The first-order valence-corrected chi connectivity index (χ1v) is 5.02. The number of hydrogen-bond donors (Lipinski definition) is 0. The lowest BCUT2D eigenvalue weighted by Gasteiger charge is -2.12. The van der Waals surface area contributed by atoms with E-state index in [4.69, 9.17) is 23.2 Å². The predicted molar refractivity (Wildman–Crippen MR) is 59.7 cm³/mol. The zero-order chi connectivity index (χ0) is 9.84. The highest BCUT2D eigenvalue weighted by molar-refractivity contribution is 6.42. The minimum Gasteiger partial charge on any atom is -0.102 e. The highest BCUT2D eigenvalue weighted by atomic mass is 35.5. The molecular weight excluding hydrogens is 203 g/mol. The predicted octanol–water partition coefficient (Wildman–Crippen LogP) is 4.67. The fraction of sp³-hybridized carbons (Fsp3) is 0.273. The number of rotatable bonds is 3. The van der Waals surface area contributed by atoms with Gasteiger partial charge in [0.25, 0.3) is 0 Å². The first-order valence-electron chi connectivity index (χ1n) is 4.27. The summed E-state index contributed by atoms with van der Waals surface area (Å²) in [6.45, 7) is 5.88. The molecule has 1 unspecified atom stereocenters. The molecule has 70 valence electrons. The molecule has 1 aromatic rings. The Kier molecular flexibility index (Phi) is 3.83. The molecule has 0 saturated heterocycles. The lowest BCUT2D eigenvalue weighted by Crippen LogP contribution is -1.93. The molecule has 0 fully saturated rings. The molecule has 0 aliphatic heterocycles. The molecule has 0 nitrogen and oxygen atoms in total. The molecule has 0 N–H and O–H groups in total. The Labute approximate surface area is 89.2 Å². The first-order chi connectivity index (χ1) is 6.20. The zero-order valence-corrected chi connectivity index (χ0v) is 9.07. The largest absolute Gasteiger partial charge is 0.102 e. The Hall–Kier alpha value is -0.460. The molecule has 0 bridgehead atoms. The number of allylic oxidation sites excluding steroid dienone is 1. The number of benzene rings is 1. The molecule has 0 spiro atoms. The molecule has 0 amide bonds. The van der Waals surface area contributed by atoms with Crippen molar-refractivity contribution in [3.8, 4) is 0 Å². The molecule has 0 aliphatic rings. The van der Waals surface area contributed by atoms with Crippen LogP contribution in [0.3, 0.4) is 0 Å². The third-order valence-electron chi connectivity index (χ3n) is 2.11. The van der Waals surface area contributed by atoms with Gasteiger partial charge in [-0.05, 0) is 18.1 Å². The summed E-state index contributed by atoms with van der Waals surface area (Å²) in [5.74, 6) is 0.297. The van der Waals surface area contributed by atoms with Crippen LogP contribution in [0.15, 0.2) is 30.9 Å². The molecule has 1 atom stereocenters. The molecular formula is C11H12Cl2. The monoisotopic (exact) mass is 214 g/mol. The summed E-state index contributed by atoms with van der Waals surface area (Å²) in [5.41, 5.74) is 1.06. The van der Waals surface area contributed by atoms with Gasteiger partial charge in [-0.15, -0.1) is 6.58 Å². The third-order valence-corrected chi connectivity index (χ3v) is 2.94. The molecule has 1 rings (SSSR count). The van der Waals surface area contributed by atoms with Crippen LogP contribution in [0.5, 0.6) is 0 Å². The van der Waals surface area contributed by atoms with E-state index in [0.29, 0.717) is 16.0 Å². The van der Waals surface area contributed by atoms with E-state index in [2.05, 4.69) is 13.5 Å². The topological polar surface area (TPSA) is 0 Å². The van der Waals surface area contributed by atoms with E-state index in [1.165, 1.54) is 0 Å². The van der Waals surface area contributed by atoms with Crippen LogP contribution >= 0.6 is 23.2 Å². The molecule has 0 aliphatic carbocycles. The summed E-state index contributed by atoms with van der Waals surface area (Å²) in [6, 6.07) is 5.70. The molecule has 2 heteroatoms.